The minimum Gasteiger partial charge on any atom is -0.466 e. The lowest BCUT2D eigenvalue weighted by molar-refractivity contribution is -0.150. The molecule has 0 aromatic carbocycles. The van der Waals surface area contributed by atoms with E-state index in [-0.39, 0.29) is 24.6 Å². The number of carbonyl (C=O) groups is 2. The van der Waals surface area contributed by atoms with E-state index in [1.807, 2.05) is 0 Å². The summed E-state index contributed by atoms with van der Waals surface area (Å²) in [6.07, 6.45) is 35.5. The average Bonchev–Trinajstić information content (AvgIpc) is 3.08. The Morgan fingerprint density at radius 1 is 0.479 bits per heavy atom. The minimum atomic E-state index is -0.0318. The second-order valence-electron chi connectivity index (χ2n) is 14.5. The van der Waals surface area contributed by atoms with Crippen LogP contribution in [0.1, 0.15) is 220 Å². The van der Waals surface area contributed by atoms with Gasteiger partial charge in [0.15, 0.2) is 0 Å². The zero-order chi connectivity index (χ0) is 35.2. The number of unbranched alkanes of at least 4 members (excludes halogenated alkanes) is 22. The van der Waals surface area contributed by atoms with Gasteiger partial charge in [0.1, 0.15) is 6.10 Å². The highest BCUT2D eigenvalue weighted by Crippen LogP contribution is 2.18. The quantitative estimate of drug-likeness (QED) is 0.0514. The van der Waals surface area contributed by atoms with E-state index in [0.717, 1.165) is 90.3 Å². The summed E-state index contributed by atoms with van der Waals surface area (Å²) in [5.41, 5.74) is 0. The number of aliphatic hydroxyl groups excluding tert-OH is 1. The van der Waals surface area contributed by atoms with E-state index in [0.29, 0.717) is 19.4 Å². The number of carbonyl (C=O) groups excluding carboxylic acids is 2. The highest BCUT2D eigenvalue weighted by Gasteiger charge is 2.14. The molecule has 0 aliphatic rings. The van der Waals surface area contributed by atoms with Gasteiger partial charge in [-0.2, -0.15) is 0 Å². The molecule has 0 heterocycles. The Balaban J connectivity index is 3.88. The molecule has 0 aliphatic heterocycles. The fourth-order valence-electron chi connectivity index (χ4n) is 6.52. The normalized spacial score (nSPS) is 12.1. The van der Waals surface area contributed by atoms with E-state index < -0.39 is 0 Å². The number of rotatable bonds is 39. The number of nitrogens with zero attached hydrogens (tertiary/aromatic N) is 1. The summed E-state index contributed by atoms with van der Waals surface area (Å²) in [6.45, 7) is 10.3. The van der Waals surface area contributed by atoms with Crippen LogP contribution in [-0.4, -0.2) is 60.9 Å². The first-order valence-electron chi connectivity index (χ1n) is 21.3. The summed E-state index contributed by atoms with van der Waals surface area (Å²) in [5, 5.41) is 9.52. The van der Waals surface area contributed by atoms with Crippen molar-refractivity contribution in [1.29, 1.82) is 0 Å². The van der Waals surface area contributed by atoms with Crippen LogP contribution in [0.25, 0.3) is 0 Å². The molecule has 0 fully saturated rings. The Bertz CT molecular complexity index is 672. The van der Waals surface area contributed by atoms with Gasteiger partial charge in [0.05, 0.1) is 13.2 Å². The van der Waals surface area contributed by atoms with Gasteiger partial charge in [-0.25, -0.2) is 0 Å². The van der Waals surface area contributed by atoms with Crippen molar-refractivity contribution >= 4 is 11.9 Å². The predicted molar refractivity (Wildman–Crippen MR) is 205 cm³/mol. The van der Waals surface area contributed by atoms with E-state index in [2.05, 4.69) is 25.7 Å². The van der Waals surface area contributed by atoms with Crippen molar-refractivity contribution in [2.24, 2.45) is 0 Å². The van der Waals surface area contributed by atoms with E-state index in [4.69, 9.17) is 9.47 Å². The van der Waals surface area contributed by atoms with Crippen LogP contribution in [-0.2, 0) is 19.1 Å². The van der Waals surface area contributed by atoms with Crippen molar-refractivity contribution in [3.63, 3.8) is 0 Å². The Hall–Kier alpha value is -1.14. The summed E-state index contributed by atoms with van der Waals surface area (Å²) in [6, 6.07) is 0. The summed E-state index contributed by atoms with van der Waals surface area (Å²) in [5.74, 6) is -0.0232. The molecule has 0 radical (unpaired) electrons. The molecule has 0 aromatic rings. The second kappa shape index (κ2) is 38.7. The Kier molecular flexibility index (Phi) is 37.7. The lowest BCUT2D eigenvalue weighted by atomic mass is 10.0. The fourth-order valence-corrected chi connectivity index (χ4v) is 6.52. The van der Waals surface area contributed by atoms with Gasteiger partial charge in [0.2, 0.25) is 0 Å². The zero-order valence-corrected chi connectivity index (χ0v) is 32.6. The predicted octanol–water partition coefficient (Wildman–Crippen LogP) is 11.9. The van der Waals surface area contributed by atoms with Crippen molar-refractivity contribution in [3.8, 4) is 0 Å². The number of hydrogen-bond donors (Lipinski definition) is 1. The van der Waals surface area contributed by atoms with Crippen LogP contribution in [0, 0.1) is 0 Å². The van der Waals surface area contributed by atoms with Crippen LogP contribution in [0.3, 0.4) is 0 Å². The van der Waals surface area contributed by atoms with Crippen molar-refractivity contribution in [2.45, 2.75) is 226 Å². The Morgan fingerprint density at radius 2 is 0.875 bits per heavy atom. The third kappa shape index (κ3) is 34.7. The van der Waals surface area contributed by atoms with Gasteiger partial charge in [0.25, 0.3) is 0 Å². The van der Waals surface area contributed by atoms with Gasteiger partial charge in [-0.05, 0) is 70.9 Å². The van der Waals surface area contributed by atoms with Crippen molar-refractivity contribution < 1.29 is 24.2 Å². The maximum atomic E-state index is 12.6. The van der Waals surface area contributed by atoms with Crippen LogP contribution in [0.4, 0.5) is 0 Å². The molecule has 0 aliphatic carbocycles. The van der Waals surface area contributed by atoms with Crippen molar-refractivity contribution in [2.75, 3.05) is 32.8 Å². The molecule has 0 saturated carbocycles. The molecule has 0 spiro atoms. The number of ether oxygens (including phenoxy) is 2. The molecule has 48 heavy (non-hydrogen) atoms. The minimum absolute atomic E-state index is 0.00864. The molecule has 6 heteroatoms. The average molecular weight is 682 g/mol. The first-order chi connectivity index (χ1) is 23.6. The molecule has 0 bridgehead atoms. The molecule has 0 rings (SSSR count). The van der Waals surface area contributed by atoms with Crippen LogP contribution in [0.5, 0.6) is 0 Å². The molecule has 0 aromatic heterocycles. The first-order valence-corrected chi connectivity index (χ1v) is 21.3. The van der Waals surface area contributed by atoms with Crippen LogP contribution in [0.2, 0.25) is 0 Å². The third-order valence-corrected chi connectivity index (χ3v) is 9.70. The summed E-state index contributed by atoms with van der Waals surface area (Å²) < 4.78 is 11.4. The van der Waals surface area contributed by atoms with Gasteiger partial charge >= 0.3 is 11.9 Å². The van der Waals surface area contributed by atoms with Crippen LogP contribution >= 0.6 is 0 Å². The topological polar surface area (TPSA) is 76.1 Å². The van der Waals surface area contributed by atoms with Crippen molar-refractivity contribution in [1.82, 2.24) is 4.90 Å². The van der Waals surface area contributed by atoms with E-state index >= 15 is 0 Å². The second-order valence-corrected chi connectivity index (χ2v) is 14.5. The maximum absolute atomic E-state index is 12.6. The molecular weight excluding hydrogens is 598 g/mol. The molecule has 1 atom stereocenters. The van der Waals surface area contributed by atoms with Crippen LogP contribution < -0.4 is 0 Å². The largest absolute Gasteiger partial charge is 0.466 e. The van der Waals surface area contributed by atoms with Gasteiger partial charge in [-0.3, -0.25) is 9.59 Å². The standard InChI is InChI=1S/C42H83NO5/c1-4-7-10-13-15-23-30-39-47-41(45)33-26-19-16-21-28-35-43(37-38-44)36-29-22-17-20-27-34-42(46)48-40(31-24-12-9-6-3)32-25-18-14-11-8-5-2/h40,44H,4-39H2,1-3H3. The highest BCUT2D eigenvalue weighted by atomic mass is 16.5. The summed E-state index contributed by atoms with van der Waals surface area (Å²) in [4.78, 5) is 26.9. The molecule has 286 valence electrons. The molecule has 6 nitrogen and oxygen atoms in total. The van der Waals surface area contributed by atoms with E-state index in [1.165, 1.54) is 116 Å². The van der Waals surface area contributed by atoms with Gasteiger partial charge in [-0.15, -0.1) is 0 Å². The first kappa shape index (κ1) is 46.9. The fraction of sp³-hybridized carbons (Fsp3) is 0.952. The molecular formula is C42H83NO5. The van der Waals surface area contributed by atoms with Gasteiger partial charge < -0.3 is 19.5 Å². The molecule has 1 unspecified atom stereocenters. The van der Waals surface area contributed by atoms with Gasteiger partial charge in [0, 0.05) is 19.4 Å². The number of aliphatic hydroxyl groups is 1. The molecule has 0 amide bonds. The Labute approximate surface area is 299 Å². The smallest absolute Gasteiger partial charge is 0.306 e. The van der Waals surface area contributed by atoms with Gasteiger partial charge in [-0.1, -0.05) is 149 Å². The van der Waals surface area contributed by atoms with Crippen LogP contribution in [0.15, 0.2) is 0 Å². The lowest BCUT2D eigenvalue weighted by Crippen LogP contribution is -2.29. The lowest BCUT2D eigenvalue weighted by Gasteiger charge is -2.21. The van der Waals surface area contributed by atoms with E-state index in [1.54, 1.807) is 0 Å². The molecule has 1 N–H and O–H groups in total. The van der Waals surface area contributed by atoms with E-state index in [9.17, 15) is 14.7 Å². The SMILES string of the molecule is CCCCCCCCCOC(=O)CCCCCCCN(CCO)CCCCCCCC(=O)OC(CCCCCC)CCCCCCCC. The van der Waals surface area contributed by atoms with Crippen molar-refractivity contribution in [3.05, 3.63) is 0 Å². The monoisotopic (exact) mass is 682 g/mol. The zero-order valence-electron chi connectivity index (χ0n) is 32.6. The summed E-state index contributed by atoms with van der Waals surface area (Å²) >= 11 is 0. The Morgan fingerprint density at radius 3 is 1.38 bits per heavy atom. The summed E-state index contributed by atoms with van der Waals surface area (Å²) in [7, 11) is 0. The highest BCUT2D eigenvalue weighted by molar-refractivity contribution is 5.69. The molecule has 0 saturated heterocycles. The third-order valence-electron chi connectivity index (χ3n) is 9.70. The number of esters is 2. The maximum Gasteiger partial charge on any atom is 0.306 e. The number of hydrogen-bond acceptors (Lipinski definition) is 6.